The molecule has 0 spiro atoms. The maximum Gasteiger partial charge on any atom is 0.165 e. The molecule has 0 fully saturated rings. The molecular weight excluding hydrogens is 562 g/mol. The summed E-state index contributed by atoms with van der Waals surface area (Å²) in [7, 11) is 0. The zero-order valence-corrected chi connectivity index (χ0v) is 24.5. The Bertz CT molecular complexity index is 3020. The lowest BCUT2D eigenvalue weighted by Crippen LogP contribution is -2.03. The zero-order chi connectivity index (χ0) is 29.9. The minimum absolute atomic E-state index is 0.812. The van der Waals surface area contributed by atoms with Crippen LogP contribution < -0.4 is 0 Å². The molecule has 0 aliphatic rings. The molecule has 0 amide bonds. The van der Waals surface area contributed by atoms with Crippen LogP contribution in [0.25, 0.3) is 104 Å². The van der Waals surface area contributed by atoms with Crippen LogP contribution in [0.1, 0.15) is 0 Å². The van der Waals surface area contributed by atoms with E-state index < -0.39 is 0 Å². The van der Waals surface area contributed by atoms with Gasteiger partial charge in [0.15, 0.2) is 5.82 Å². The Hall–Kier alpha value is -6.26. The summed E-state index contributed by atoms with van der Waals surface area (Å²) >= 11 is 0. The SMILES string of the molecule is c1ccc(-c2nc3ccccc3nc2-n2c3cccc4c5cc6ccccc6cc5c5cccc6oc7ccc2c(c7c65)c43)cc1. The topological polar surface area (TPSA) is 43.9 Å². The van der Waals surface area contributed by atoms with E-state index in [4.69, 9.17) is 14.4 Å². The van der Waals surface area contributed by atoms with Gasteiger partial charge in [0.05, 0.1) is 22.1 Å². The Morgan fingerprint density at radius 3 is 1.85 bits per heavy atom. The van der Waals surface area contributed by atoms with Crippen LogP contribution in [0.15, 0.2) is 144 Å². The fraction of sp³-hybridized carbons (Fsp3) is 0. The first-order valence-electron chi connectivity index (χ1n) is 15.6. The van der Waals surface area contributed by atoms with Crippen molar-refractivity contribution < 1.29 is 4.42 Å². The van der Waals surface area contributed by atoms with Crippen LogP contribution in [0.5, 0.6) is 0 Å². The Morgan fingerprint density at radius 1 is 0.435 bits per heavy atom. The van der Waals surface area contributed by atoms with Gasteiger partial charge in [0.2, 0.25) is 0 Å². The van der Waals surface area contributed by atoms with Gasteiger partial charge in [-0.25, -0.2) is 9.97 Å². The Labute approximate surface area is 262 Å². The van der Waals surface area contributed by atoms with Crippen molar-refractivity contribution in [2.75, 3.05) is 0 Å². The molecule has 0 atom stereocenters. The van der Waals surface area contributed by atoms with Crippen molar-refractivity contribution in [2.24, 2.45) is 0 Å². The second kappa shape index (κ2) is 8.68. The number of hydrogen-bond donors (Lipinski definition) is 0. The molecule has 46 heavy (non-hydrogen) atoms. The monoisotopic (exact) mass is 585 g/mol. The van der Waals surface area contributed by atoms with E-state index in [1.165, 1.54) is 43.1 Å². The van der Waals surface area contributed by atoms with E-state index >= 15 is 0 Å². The quantitative estimate of drug-likeness (QED) is 0.203. The first kappa shape index (κ1) is 24.1. The number of fused-ring (bicyclic) bond motifs is 5. The van der Waals surface area contributed by atoms with Crippen molar-refractivity contribution in [3.8, 4) is 17.1 Å². The minimum atomic E-state index is 0.812. The van der Waals surface area contributed by atoms with E-state index in [9.17, 15) is 0 Å². The first-order valence-corrected chi connectivity index (χ1v) is 15.6. The van der Waals surface area contributed by atoms with Gasteiger partial charge in [0.1, 0.15) is 16.9 Å². The molecule has 11 rings (SSSR count). The van der Waals surface area contributed by atoms with Crippen LogP contribution in [0.3, 0.4) is 0 Å². The van der Waals surface area contributed by atoms with Gasteiger partial charge in [-0.15, -0.1) is 0 Å². The molecule has 0 saturated heterocycles. The Kier molecular flexibility index (Phi) is 4.55. The van der Waals surface area contributed by atoms with E-state index in [0.717, 1.165) is 61.1 Å². The van der Waals surface area contributed by atoms with E-state index in [1.54, 1.807) is 0 Å². The summed E-state index contributed by atoms with van der Waals surface area (Å²) < 4.78 is 8.93. The largest absolute Gasteiger partial charge is 0.456 e. The molecule has 3 heterocycles. The second-order valence-electron chi connectivity index (χ2n) is 12.1. The molecule has 3 aromatic heterocycles. The molecule has 0 aliphatic carbocycles. The van der Waals surface area contributed by atoms with Crippen molar-refractivity contribution >= 4 is 87.1 Å². The van der Waals surface area contributed by atoms with Crippen LogP contribution >= 0.6 is 0 Å². The molecule has 0 radical (unpaired) electrons. The van der Waals surface area contributed by atoms with Gasteiger partial charge < -0.3 is 4.42 Å². The summed E-state index contributed by atoms with van der Waals surface area (Å²) in [6.07, 6.45) is 0. The molecule has 4 nitrogen and oxygen atoms in total. The molecule has 8 aromatic carbocycles. The van der Waals surface area contributed by atoms with Gasteiger partial charge >= 0.3 is 0 Å². The van der Waals surface area contributed by atoms with Crippen molar-refractivity contribution in [2.45, 2.75) is 0 Å². The summed E-state index contributed by atoms with van der Waals surface area (Å²) in [6.45, 7) is 0. The lowest BCUT2D eigenvalue weighted by atomic mass is 9.93. The molecular formula is C42H23N3O. The summed E-state index contributed by atoms with van der Waals surface area (Å²) in [4.78, 5) is 10.6. The number of furan rings is 1. The lowest BCUT2D eigenvalue weighted by Gasteiger charge is -2.13. The van der Waals surface area contributed by atoms with Crippen LogP contribution in [-0.4, -0.2) is 14.5 Å². The number of nitrogens with zero attached hydrogens (tertiary/aromatic N) is 3. The van der Waals surface area contributed by atoms with Gasteiger partial charge in [-0.2, -0.15) is 0 Å². The van der Waals surface area contributed by atoms with E-state index in [-0.39, 0.29) is 0 Å². The maximum absolute atomic E-state index is 6.61. The lowest BCUT2D eigenvalue weighted by molar-refractivity contribution is 0.669. The number of para-hydroxylation sites is 2. The van der Waals surface area contributed by atoms with Crippen LogP contribution in [0.4, 0.5) is 0 Å². The van der Waals surface area contributed by atoms with Crippen molar-refractivity contribution in [1.29, 1.82) is 0 Å². The average molecular weight is 586 g/mol. The highest BCUT2D eigenvalue weighted by Crippen LogP contribution is 2.47. The highest BCUT2D eigenvalue weighted by Gasteiger charge is 2.25. The van der Waals surface area contributed by atoms with E-state index in [2.05, 4.69) is 114 Å². The zero-order valence-electron chi connectivity index (χ0n) is 24.5. The number of hydrogen-bond acceptors (Lipinski definition) is 3. The fourth-order valence-corrected chi connectivity index (χ4v) is 7.76. The third-order valence-corrected chi connectivity index (χ3v) is 9.69. The summed E-state index contributed by atoms with van der Waals surface area (Å²) in [5, 5.41) is 11.9. The highest BCUT2D eigenvalue weighted by atomic mass is 16.3. The minimum Gasteiger partial charge on any atom is -0.456 e. The molecule has 212 valence electrons. The standard InChI is InChI=1S/C42H23N3O/c1-2-10-24(11-3-1)41-42(44-32-17-7-6-16-31(32)43-41)45-33-18-8-14-27-29-22-25-12-4-5-13-26(25)23-30(29)28-15-9-19-35-38(28)40-36(46-35)21-20-34(45)39(40)37(27)33/h1-23H. The molecule has 0 unspecified atom stereocenters. The molecule has 0 saturated carbocycles. The van der Waals surface area contributed by atoms with E-state index in [0.29, 0.717) is 0 Å². The summed E-state index contributed by atoms with van der Waals surface area (Å²) in [5.41, 5.74) is 7.58. The molecule has 11 aromatic rings. The molecule has 0 bridgehead atoms. The van der Waals surface area contributed by atoms with Gasteiger partial charge in [-0.3, -0.25) is 4.57 Å². The smallest absolute Gasteiger partial charge is 0.165 e. The maximum atomic E-state index is 6.61. The molecule has 4 heteroatoms. The molecule has 0 aliphatic heterocycles. The summed E-state index contributed by atoms with van der Waals surface area (Å²) in [5.74, 6) is 0.812. The number of benzene rings is 7. The third-order valence-electron chi connectivity index (χ3n) is 9.69. The van der Waals surface area contributed by atoms with Crippen LogP contribution in [0.2, 0.25) is 0 Å². The third kappa shape index (κ3) is 3.07. The van der Waals surface area contributed by atoms with E-state index in [1.807, 2.05) is 30.3 Å². The van der Waals surface area contributed by atoms with Crippen molar-refractivity contribution in [1.82, 2.24) is 14.5 Å². The average Bonchev–Trinajstić information content (AvgIpc) is 3.66. The van der Waals surface area contributed by atoms with Crippen molar-refractivity contribution in [3.05, 3.63) is 140 Å². The van der Waals surface area contributed by atoms with Gasteiger partial charge in [-0.1, -0.05) is 91.0 Å². The van der Waals surface area contributed by atoms with Crippen LogP contribution in [0, 0.1) is 0 Å². The first-order chi connectivity index (χ1) is 22.8. The number of aromatic nitrogens is 3. The van der Waals surface area contributed by atoms with Crippen molar-refractivity contribution in [3.63, 3.8) is 0 Å². The predicted octanol–water partition coefficient (Wildman–Crippen LogP) is 11.2. The highest BCUT2D eigenvalue weighted by molar-refractivity contribution is 6.38. The van der Waals surface area contributed by atoms with Crippen LogP contribution in [-0.2, 0) is 0 Å². The van der Waals surface area contributed by atoms with Gasteiger partial charge in [-0.05, 0) is 80.8 Å². The molecule has 0 N–H and O–H groups in total. The predicted molar refractivity (Wildman–Crippen MR) is 190 cm³/mol. The van der Waals surface area contributed by atoms with Gasteiger partial charge in [0, 0.05) is 27.1 Å². The van der Waals surface area contributed by atoms with Gasteiger partial charge in [0.25, 0.3) is 0 Å². The summed E-state index contributed by atoms with van der Waals surface area (Å²) in [6, 6.07) is 49.3. The Balaban J connectivity index is 1.43. The normalized spacial score (nSPS) is 12.3. The number of rotatable bonds is 2. The second-order valence-corrected chi connectivity index (χ2v) is 12.1. The fourth-order valence-electron chi connectivity index (χ4n) is 7.76. The Morgan fingerprint density at radius 2 is 1.07 bits per heavy atom.